The number of ether oxygens (including phenoxy) is 1. The van der Waals surface area contributed by atoms with Crippen molar-refractivity contribution < 1.29 is 4.74 Å². The molecule has 1 saturated heterocycles. The zero-order chi connectivity index (χ0) is 13.7. The molecule has 1 aromatic rings. The highest BCUT2D eigenvalue weighted by Crippen LogP contribution is 2.25. The van der Waals surface area contributed by atoms with Crippen molar-refractivity contribution in [1.29, 1.82) is 0 Å². The number of thioether (sulfide) groups is 1. The van der Waals surface area contributed by atoms with Crippen molar-refractivity contribution in [3.8, 4) is 5.75 Å². The molecule has 1 aromatic carbocycles. The van der Waals surface area contributed by atoms with E-state index in [0.717, 1.165) is 28.7 Å². The van der Waals surface area contributed by atoms with Gasteiger partial charge in [-0.25, -0.2) is 0 Å². The molecule has 104 valence electrons. The van der Waals surface area contributed by atoms with Crippen molar-refractivity contribution in [2.24, 2.45) is 4.99 Å². The first-order valence-electron chi connectivity index (χ1n) is 6.74. The molecule has 1 N–H and O–H groups in total. The van der Waals surface area contributed by atoms with Crippen LogP contribution < -0.4 is 10.1 Å². The highest BCUT2D eigenvalue weighted by Gasteiger charge is 2.27. The zero-order valence-electron chi connectivity index (χ0n) is 11.9. The lowest BCUT2D eigenvalue weighted by molar-refractivity contribution is 0.389. The average Bonchev–Trinajstić information content (AvgIpc) is 2.45. The van der Waals surface area contributed by atoms with Crippen LogP contribution in [0.3, 0.4) is 0 Å². The van der Waals surface area contributed by atoms with Gasteiger partial charge in [0.1, 0.15) is 5.75 Å². The van der Waals surface area contributed by atoms with Gasteiger partial charge in [0.2, 0.25) is 0 Å². The van der Waals surface area contributed by atoms with Crippen molar-refractivity contribution in [1.82, 2.24) is 5.32 Å². The fourth-order valence-corrected chi connectivity index (χ4v) is 3.29. The SMILES string of the molecule is CCC1(C)CCSC(=NCc2ccccc2OC)N1. The summed E-state index contributed by atoms with van der Waals surface area (Å²) in [7, 11) is 1.70. The van der Waals surface area contributed by atoms with Gasteiger partial charge in [-0.05, 0) is 25.8 Å². The van der Waals surface area contributed by atoms with Crippen LogP contribution in [-0.4, -0.2) is 23.6 Å². The van der Waals surface area contributed by atoms with Crippen molar-refractivity contribution in [2.45, 2.75) is 38.8 Å². The number of hydrogen-bond donors (Lipinski definition) is 1. The lowest BCUT2D eigenvalue weighted by Crippen LogP contribution is -2.48. The van der Waals surface area contributed by atoms with Crippen molar-refractivity contribution in [2.75, 3.05) is 12.9 Å². The number of benzene rings is 1. The lowest BCUT2D eigenvalue weighted by atomic mass is 9.96. The van der Waals surface area contributed by atoms with E-state index >= 15 is 0 Å². The summed E-state index contributed by atoms with van der Waals surface area (Å²) in [4.78, 5) is 4.69. The van der Waals surface area contributed by atoms with E-state index in [1.54, 1.807) is 7.11 Å². The highest BCUT2D eigenvalue weighted by atomic mass is 32.2. The van der Waals surface area contributed by atoms with Crippen LogP contribution in [-0.2, 0) is 6.54 Å². The smallest absolute Gasteiger partial charge is 0.157 e. The van der Waals surface area contributed by atoms with Gasteiger partial charge in [-0.2, -0.15) is 0 Å². The molecule has 0 aliphatic carbocycles. The molecule has 1 aliphatic heterocycles. The van der Waals surface area contributed by atoms with Gasteiger partial charge in [-0.3, -0.25) is 4.99 Å². The third kappa shape index (κ3) is 3.66. The predicted octanol–water partition coefficient (Wildman–Crippen LogP) is 3.45. The van der Waals surface area contributed by atoms with Gasteiger partial charge >= 0.3 is 0 Å². The fourth-order valence-electron chi connectivity index (χ4n) is 2.07. The minimum atomic E-state index is 0.199. The molecular formula is C15H22N2OS. The Labute approximate surface area is 119 Å². The summed E-state index contributed by atoms with van der Waals surface area (Å²) in [6.07, 6.45) is 2.32. The van der Waals surface area contributed by atoms with Crippen LogP contribution in [0.1, 0.15) is 32.3 Å². The standard InChI is InChI=1S/C15H22N2OS/c1-4-15(2)9-10-19-14(17-15)16-11-12-7-5-6-8-13(12)18-3/h5-8H,4,9-11H2,1-3H3,(H,16,17). The van der Waals surface area contributed by atoms with Crippen LogP contribution in [0.4, 0.5) is 0 Å². The van der Waals surface area contributed by atoms with Gasteiger partial charge in [0.15, 0.2) is 5.17 Å². The van der Waals surface area contributed by atoms with Gasteiger partial charge in [-0.15, -0.1) is 0 Å². The molecule has 1 unspecified atom stereocenters. The Kier molecular flexibility index (Phi) is 4.75. The largest absolute Gasteiger partial charge is 0.496 e. The highest BCUT2D eigenvalue weighted by molar-refractivity contribution is 8.13. The predicted molar refractivity (Wildman–Crippen MR) is 83.0 cm³/mol. The number of amidine groups is 1. The maximum absolute atomic E-state index is 5.35. The number of aliphatic imine (C=N–C) groups is 1. The Bertz CT molecular complexity index is 461. The number of nitrogens with zero attached hydrogens (tertiary/aromatic N) is 1. The van der Waals surface area contributed by atoms with E-state index in [9.17, 15) is 0 Å². The summed E-state index contributed by atoms with van der Waals surface area (Å²) in [6, 6.07) is 8.05. The van der Waals surface area contributed by atoms with Gasteiger partial charge in [0.05, 0.1) is 13.7 Å². The molecule has 0 bridgehead atoms. The molecule has 0 amide bonds. The number of hydrogen-bond acceptors (Lipinski definition) is 3. The van der Waals surface area contributed by atoms with Gasteiger partial charge in [-0.1, -0.05) is 36.9 Å². The van der Waals surface area contributed by atoms with E-state index in [-0.39, 0.29) is 5.54 Å². The van der Waals surface area contributed by atoms with Gasteiger partial charge < -0.3 is 10.1 Å². The van der Waals surface area contributed by atoms with E-state index in [2.05, 4.69) is 25.2 Å². The Balaban J connectivity index is 2.06. The second-order valence-corrected chi connectivity index (χ2v) is 6.15. The first kappa shape index (κ1) is 14.3. The second kappa shape index (κ2) is 6.33. The molecule has 3 nitrogen and oxygen atoms in total. The minimum Gasteiger partial charge on any atom is -0.496 e. The van der Waals surface area contributed by atoms with E-state index in [4.69, 9.17) is 9.73 Å². The molecule has 1 fully saturated rings. The van der Waals surface area contributed by atoms with E-state index in [1.807, 2.05) is 30.0 Å². The van der Waals surface area contributed by atoms with E-state index in [1.165, 1.54) is 6.42 Å². The molecule has 0 saturated carbocycles. The third-order valence-electron chi connectivity index (χ3n) is 3.67. The Morgan fingerprint density at radius 3 is 2.95 bits per heavy atom. The van der Waals surface area contributed by atoms with Crippen LogP contribution in [0, 0.1) is 0 Å². The monoisotopic (exact) mass is 278 g/mol. The van der Waals surface area contributed by atoms with Crippen LogP contribution in [0.15, 0.2) is 29.3 Å². The number of para-hydroxylation sites is 1. The van der Waals surface area contributed by atoms with Crippen LogP contribution in [0.5, 0.6) is 5.75 Å². The first-order chi connectivity index (χ1) is 9.17. The Morgan fingerprint density at radius 1 is 1.42 bits per heavy atom. The van der Waals surface area contributed by atoms with Gasteiger partial charge in [0, 0.05) is 16.9 Å². The van der Waals surface area contributed by atoms with Crippen molar-refractivity contribution in [3.63, 3.8) is 0 Å². The summed E-state index contributed by atoms with van der Waals surface area (Å²) in [5.41, 5.74) is 1.33. The summed E-state index contributed by atoms with van der Waals surface area (Å²) in [6.45, 7) is 5.16. The molecule has 19 heavy (non-hydrogen) atoms. The summed E-state index contributed by atoms with van der Waals surface area (Å²) < 4.78 is 5.35. The van der Waals surface area contributed by atoms with Crippen molar-refractivity contribution >= 4 is 16.9 Å². The summed E-state index contributed by atoms with van der Waals surface area (Å²) in [5, 5.41) is 4.62. The first-order valence-corrected chi connectivity index (χ1v) is 7.73. The molecular weight excluding hydrogens is 256 g/mol. The maximum atomic E-state index is 5.35. The molecule has 4 heteroatoms. The topological polar surface area (TPSA) is 33.6 Å². The molecule has 0 spiro atoms. The van der Waals surface area contributed by atoms with Crippen molar-refractivity contribution in [3.05, 3.63) is 29.8 Å². The number of methoxy groups -OCH3 is 1. The Hall–Kier alpha value is -1.16. The van der Waals surface area contributed by atoms with E-state index in [0.29, 0.717) is 6.54 Å². The lowest BCUT2D eigenvalue weighted by Gasteiger charge is -2.35. The van der Waals surface area contributed by atoms with Gasteiger partial charge in [0.25, 0.3) is 0 Å². The molecule has 0 aromatic heterocycles. The molecule has 2 rings (SSSR count). The van der Waals surface area contributed by atoms with E-state index < -0.39 is 0 Å². The summed E-state index contributed by atoms with van der Waals surface area (Å²) in [5.74, 6) is 2.05. The maximum Gasteiger partial charge on any atom is 0.157 e. The summed E-state index contributed by atoms with van der Waals surface area (Å²) >= 11 is 1.81. The molecule has 0 radical (unpaired) electrons. The zero-order valence-corrected chi connectivity index (χ0v) is 12.7. The fraction of sp³-hybridized carbons (Fsp3) is 0.533. The second-order valence-electron chi connectivity index (χ2n) is 5.07. The molecule has 1 aliphatic rings. The quantitative estimate of drug-likeness (QED) is 0.916. The normalized spacial score (nSPS) is 25.1. The number of rotatable bonds is 4. The van der Waals surface area contributed by atoms with Crippen LogP contribution in [0.2, 0.25) is 0 Å². The number of nitrogens with one attached hydrogen (secondary N) is 1. The molecule has 1 atom stereocenters. The average molecular weight is 278 g/mol. The molecule has 1 heterocycles. The van der Waals surface area contributed by atoms with Crippen LogP contribution >= 0.6 is 11.8 Å². The Morgan fingerprint density at radius 2 is 2.21 bits per heavy atom. The van der Waals surface area contributed by atoms with Crippen LogP contribution in [0.25, 0.3) is 0 Å². The minimum absolute atomic E-state index is 0.199. The third-order valence-corrected chi connectivity index (χ3v) is 4.58.